The van der Waals surface area contributed by atoms with Gasteiger partial charge in [-0.05, 0) is 44.4 Å². The predicted octanol–water partition coefficient (Wildman–Crippen LogP) is 2.62. The van der Waals surface area contributed by atoms with E-state index in [0.29, 0.717) is 6.42 Å². The van der Waals surface area contributed by atoms with Crippen molar-refractivity contribution in [1.82, 2.24) is 5.32 Å². The highest BCUT2D eigenvalue weighted by atomic mass is 16.2. The van der Waals surface area contributed by atoms with E-state index in [0.717, 1.165) is 25.1 Å². The first-order valence-electron chi connectivity index (χ1n) is 7.24. The number of amides is 1. The molecular formula is C16H21N3O. The Morgan fingerprint density at radius 2 is 2.10 bits per heavy atom. The first kappa shape index (κ1) is 14.4. The highest BCUT2D eigenvalue weighted by Gasteiger charge is 2.28. The molecule has 0 aliphatic carbocycles. The minimum absolute atomic E-state index is 0.0302. The number of hydrogen-bond acceptors (Lipinski definition) is 3. The van der Waals surface area contributed by atoms with Crippen LogP contribution in [0, 0.1) is 17.2 Å². The van der Waals surface area contributed by atoms with Crippen molar-refractivity contribution in [2.75, 3.05) is 18.0 Å². The van der Waals surface area contributed by atoms with Crippen molar-refractivity contribution in [2.24, 2.45) is 5.92 Å². The van der Waals surface area contributed by atoms with Crippen molar-refractivity contribution in [3.8, 4) is 6.07 Å². The van der Waals surface area contributed by atoms with Gasteiger partial charge in [-0.15, -0.1) is 0 Å². The predicted molar refractivity (Wildman–Crippen MR) is 79.2 cm³/mol. The zero-order chi connectivity index (χ0) is 14.5. The van der Waals surface area contributed by atoms with E-state index in [9.17, 15) is 4.79 Å². The lowest BCUT2D eigenvalue weighted by Crippen LogP contribution is -2.38. The van der Waals surface area contributed by atoms with Gasteiger partial charge >= 0.3 is 0 Å². The molecule has 4 nitrogen and oxygen atoms in total. The van der Waals surface area contributed by atoms with Crippen LogP contribution in [-0.2, 0) is 4.79 Å². The highest BCUT2D eigenvalue weighted by molar-refractivity contribution is 5.82. The average Bonchev–Trinajstić information content (AvgIpc) is 2.49. The van der Waals surface area contributed by atoms with Gasteiger partial charge in [0.25, 0.3) is 0 Å². The summed E-state index contributed by atoms with van der Waals surface area (Å²) >= 11 is 0. The van der Waals surface area contributed by atoms with Crippen LogP contribution in [0.25, 0.3) is 0 Å². The Labute approximate surface area is 120 Å². The van der Waals surface area contributed by atoms with Crippen LogP contribution < -0.4 is 10.2 Å². The quantitative estimate of drug-likeness (QED) is 0.916. The minimum atomic E-state index is -0.489. The molecule has 0 aromatic heterocycles. The average molecular weight is 271 g/mol. The number of nitriles is 1. The zero-order valence-electron chi connectivity index (χ0n) is 12.1. The molecule has 1 aliphatic rings. The van der Waals surface area contributed by atoms with Gasteiger partial charge in [-0.1, -0.05) is 12.1 Å². The standard InChI is InChI=1S/C16H21N3O/c1-3-19(4-2)14-7-5-6-12(10-14)15-9-8-13(11-17)16(20)18-15/h5-7,10,13,15H,3-4,8-9H2,1-2H3,(H,18,20). The molecule has 1 heterocycles. The molecule has 106 valence electrons. The molecule has 1 amide bonds. The molecular weight excluding hydrogens is 250 g/mol. The third-order valence-corrected chi connectivity index (χ3v) is 3.93. The Balaban J connectivity index is 2.16. The fourth-order valence-corrected chi connectivity index (χ4v) is 2.71. The molecule has 4 heteroatoms. The number of carbonyl (C=O) groups is 1. The monoisotopic (exact) mass is 271 g/mol. The van der Waals surface area contributed by atoms with Crippen LogP contribution in [0.3, 0.4) is 0 Å². The van der Waals surface area contributed by atoms with E-state index in [1.165, 1.54) is 5.69 Å². The van der Waals surface area contributed by atoms with Crippen LogP contribution in [0.1, 0.15) is 38.3 Å². The first-order chi connectivity index (χ1) is 9.69. The fourth-order valence-electron chi connectivity index (χ4n) is 2.71. The van der Waals surface area contributed by atoms with Crippen molar-refractivity contribution in [2.45, 2.75) is 32.7 Å². The Hall–Kier alpha value is -2.02. The van der Waals surface area contributed by atoms with Crippen molar-refractivity contribution in [3.05, 3.63) is 29.8 Å². The van der Waals surface area contributed by atoms with E-state index in [1.54, 1.807) is 0 Å². The van der Waals surface area contributed by atoms with Crippen molar-refractivity contribution < 1.29 is 4.79 Å². The molecule has 2 rings (SSSR count). The van der Waals surface area contributed by atoms with E-state index in [-0.39, 0.29) is 11.9 Å². The molecule has 1 fully saturated rings. The van der Waals surface area contributed by atoms with Gasteiger partial charge in [0.1, 0.15) is 5.92 Å². The SMILES string of the molecule is CCN(CC)c1cccc(C2CCC(C#N)C(=O)N2)c1. The van der Waals surface area contributed by atoms with Crippen molar-refractivity contribution in [3.63, 3.8) is 0 Å². The van der Waals surface area contributed by atoms with E-state index in [4.69, 9.17) is 5.26 Å². The maximum absolute atomic E-state index is 11.8. The largest absolute Gasteiger partial charge is 0.372 e. The van der Waals surface area contributed by atoms with Crippen LogP contribution in [0.5, 0.6) is 0 Å². The summed E-state index contributed by atoms with van der Waals surface area (Å²) in [5.41, 5.74) is 2.31. The number of carbonyl (C=O) groups excluding carboxylic acids is 1. The molecule has 1 saturated heterocycles. The molecule has 0 saturated carbocycles. The number of benzene rings is 1. The summed E-state index contributed by atoms with van der Waals surface area (Å²) in [7, 11) is 0. The molecule has 0 spiro atoms. The van der Waals surface area contributed by atoms with Gasteiger partial charge in [-0.25, -0.2) is 0 Å². The maximum atomic E-state index is 11.8. The van der Waals surface area contributed by atoms with Crippen LogP contribution in [-0.4, -0.2) is 19.0 Å². The lowest BCUT2D eigenvalue weighted by atomic mass is 9.91. The van der Waals surface area contributed by atoms with Gasteiger partial charge in [0.2, 0.25) is 5.91 Å². The molecule has 0 radical (unpaired) electrons. The second-order valence-electron chi connectivity index (χ2n) is 5.09. The number of rotatable bonds is 4. The zero-order valence-corrected chi connectivity index (χ0v) is 12.1. The van der Waals surface area contributed by atoms with Crippen LogP contribution in [0.15, 0.2) is 24.3 Å². The highest BCUT2D eigenvalue weighted by Crippen LogP contribution is 2.28. The maximum Gasteiger partial charge on any atom is 0.237 e. The topological polar surface area (TPSA) is 56.1 Å². The molecule has 1 N–H and O–H groups in total. The smallest absolute Gasteiger partial charge is 0.237 e. The van der Waals surface area contributed by atoms with Gasteiger partial charge in [-0.3, -0.25) is 4.79 Å². The summed E-state index contributed by atoms with van der Waals surface area (Å²) in [6.45, 7) is 6.20. The third kappa shape index (κ3) is 2.93. The molecule has 1 aromatic rings. The van der Waals surface area contributed by atoms with Crippen LogP contribution >= 0.6 is 0 Å². The lowest BCUT2D eigenvalue weighted by Gasteiger charge is -2.28. The van der Waals surface area contributed by atoms with E-state index in [2.05, 4.69) is 42.3 Å². The van der Waals surface area contributed by atoms with Crippen molar-refractivity contribution in [1.29, 1.82) is 5.26 Å². The van der Waals surface area contributed by atoms with E-state index < -0.39 is 5.92 Å². The molecule has 20 heavy (non-hydrogen) atoms. The number of nitrogens with one attached hydrogen (secondary N) is 1. The second kappa shape index (κ2) is 6.42. The van der Waals surface area contributed by atoms with E-state index >= 15 is 0 Å². The second-order valence-corrected chi connectivity index (χ2v) is 5.09. The Morgan fingerprint density at radius 1 is 1.35 bits per heavy atom. The van der Waals surface area contributed by atoms with Crippen LogP contribution in [0.2, 0.25) is 0 Å². The van der Waals surface area contributed by atoms with Crippen LogP contribution in [0.4, 0.5) is 5.69 Å². The molecule has 2 unspecified atom stereocenters. The minimum Gasteiger partial charge on any atom is -0.372 e. The van der Waals surface area contributed by atoms with E-state index in [1.807, 2.05) is 12.1 Å². The lowest BCUT2D eigenvalue weighted by molar-refractivity contribution is -0.126. The summed E-state index contributed by atoms with van der Waals surface area (Å²) in [5, 5.41) is 11.8. The Morgan fingerprint density at radius 3 is 2.70 bits per heavy atom. The summed E-state index contributed by atoms with van der Waals surface area (Å²) in [6.07, 6.45) is 1.47. The molecule has 2 atom stereocenters. The van der Waals surface area contributed by atoms with Gasteiger partial charge < -0.3 is 10.2 Å². The van der Waals surface area contributed by atoms with Crippen molar-refractivity contribution >= 4 is 11.6 Å². The van der Waals surface area contributed by atoms with Gasteiger partial charge in [-0.2, -0.15) is 5.26 Å². The molecule has 1 aliphatic heterocycles. The fraction of sp³-hybridized carbons (Fsp3) is 0.500. The summed E-state index contributed by atoms with van der Waals surface area (Å²) in [6, 6.07) is 10.4. The number of hydrogen-bond donors (Lipinski definition) is 1. The van der Waals surface area contributed by atoms with Gasteiger partial charge in [0, 0.05) is 18.8 Å². The normalized spacial score (nSPS) is 21.9. The number of piperidine rings is 1. The summed E-state index contributed by atoms with van der Waals surface area (Å²) < 4.78 is 0. The molecule has 0 bridgehead atoms. The third-order valence-electron chi connectivity index (χ3n) is 3.93. The Kier molecular flexibility index (Phi) is 4.62. The van der Waals surface area contributed by atoms with Gasteiger partial charge in [0.15, 0.2) is 0 Å². The van der Waals surface area contributed by atoms with Gasteiger partial charge in [0.05, 0.1) is 12.1 Å². The molecule has 1 aromatic carbocycles. The summed E-state index contributed by atoms with van der Waals surface area (Å²) in [5.74, 6) is -0.630. The number of nitrogens with zero attached hydrogens (tertiary/aromatic N) is 2. The Bertz CT molecular complexity index is 517. The summed E-state index contributed by atoms with van der Waals surface area (Å²) in [4.78, 5) is 14.1. The number of anilines is 1. The first-order valence-corrected chi connectivity index (χ1v) is 7.24.